The van der Waals surface area contributed by atoms with Gasteiger partial charge in [0.15, 0.2) is 11.5 Å². The Morgan fingerprint density at radius 1 is 1.00 bits per heavy atom. The molecule has 1 N–H and O–H groups in total. The average molecular weight is 464 g/mol. The first kappa shape index (κ1) is 22.4. The molecule has 4 aromatic rings. The number of ether oxygens (including phenoxy) is 2. The van der Waals surface area contributed by atoms with Crippen molar-refractivity contribution in [3.05, 3.63) is 94.8 Å². The van der Waals surface area contributed by atoms with Crippen molar-refractivity contribution < 1.29 is 18.8 Å². The van der Waals surface area contributed by atoms with E-state index in [1.165, 1.54) is 0 Å². The van der Waals surface area contributed by atoms with Crippen LogP contribution in [0.25, 0.3) is 11.4 Å². The molecule has 168 valence electrons. The van der Waals surface area contributed by atoms with E-state index in [0.29, 0.717) is 39.9 Å². The summed E-state index contributed by atoms with van der Waals surface area (Å²) in [4.78, 5) is 17.5. The standard InChI is InChI=1S/C25H22ClN3O4/c1-31-21-13-12-17(15-22(21)32-2)23-28-25(33-29-23)20(14-16-8-4-3-5-9-16)27-24(30)18-10-6-7-11-19(18)26/h3-13,15,20H,14H2,1-2H3,(H,27,30)/t20-/m0/s1. The third kappa shape index (κ3) is 5.15. The van der Waals surface area contributed by atoms with Gasteiger partial charge in [-0.05, 0) is 35.9 Å². The van der Waals surface area contributed by atoms with Gasteiger partial charge in [-0.1, -0.05) is 59.2 Å². The molecule has 7 nitrogen and oxygen atoms in total. The maximum absolute atomic E-state index is 13.0. The first-order valence-corrected chi connectivity index (χ1v) is 10.6. The number of hydrogen-bond acceptors (Lipinski definition) is 6. The monoisotopic (exact) mass is 463 g/mol. The average Bonchev–Trinajstić information content (AvgIpc) is 3.34. The lowest BCUT2D eigenvalue weighted by Gasteiger charge is -2.16. The molecule has 0 aliphatic carbocycles. The van der Waals surface area contributed by atoms with E-state index >= 15 is 0 Å². The van der Waals surface area contributed by atoms with Crippen LogP contribution in [0.1, 0.15) is 27.9 Å². The highest BCUT2D eigenvalue weighted by Crippen LogP contribution is 2.32. The predicted molar refractivity (Wildman–Crippen MR) is 125 cm³/mol. The van der Waals surface area contributed by atoms with E-state index in [1.807, 2.05) is 36.4 Å². The van der Waals surface area contributed by atoms with Gasteiger partial charge >= 0.3 is 0 Å². The van der Waals surface area contributed by atoms with Gasteiger partial charge in [0.05, 0.1) is 24.8 Å². The van der Waals surface area contributed by atoms with Crippen LogP contribution < -0.4 is 14.8 Å². The van der Waals surface area contributed by atoms with E-state index in [4.69, 9.17) is 25.6 Å². The Morgan fingerprint density at radius 3 is 2.45 bits per heavy atom. The predicted octanol–water partition coefficient (Wildman–Crippen LogP) is 5.12. The number of amides is 1. The van der Waals surface area contributed by atoms with Gasteiger partial charge in [0.25, 0.3) is 5.91 Å². The fraction of sp³-hybridized carbons (Fsp3) is 0.160. The molecule has 1 amide bonds. The number of hydrogen-bond donors (Lipinski definition) is 1. The van der Waals surface area contributed by atoms with Crippen LogP contribution >= 0.6 is 11.6 Å². The number of benzene rings is 3. The summed E-state index contributed by atoms with van der Waals surface area (Å²) in [5.41, 5.74) is 2.07. The van der Waals surface area contributed by atoms with E-state index in [9.17, 15) is 4.79 Å². The molecule has 1 atom stereocenters. The summed E-state index contributed by atoms with van der Waals surface area (Å²) in [5, 5.41) is 7.46. The van der Waals surface area contributed by atoms with Crippen LogP contribution in [0.4, 0.5) is 0 Å². The van der Waals surface area contributed by atoms with Gasteiger partial charge in [-0.25, -0.2) is 0 Å². The molecule has 0 spiro atoms. The molecule has 0 saturated heterocycles. The number of aromatic nitrogens is 2. The molecule has 1 heterocycles. The van der Waals surface area contributed by atoms with Crippen molar-refractivity contribution in [3.63, 3.8) is 0 Å². The maximum Gasteiger partial charge on any atom is 0.253 e. The van der Waals surface area contributed by atoms with Crippen LogP contribution in [0, 0.1) is 0 Å². The Bertz CT molecular complexity index is 1240. The first-order chi connectivity index (χ1) is 16.1. The summed E-state index contributed by atoms with van der Waals surface area (Å²) in [6, 6.07) is 21.4. The summed E-state index contributed by atoms with van der Waals surface area (Å²) < 4.78 is 16.2. The minimum atomic E-state index is -0.558. The summed E-state index contributed by atoms with van der Waals surface area (Å²) in [7, 11) is 3.13. The van der Waals surface area contributed by atoms with Crippen molar-refractivity contribution in [2.45, 2.75) is 12.5 Å². The van der Waals surface area contributed by atoms with Gasteiger partial charge in [0.2, 0.25) is 11.7 Å². The van der Waals surface area contributed by atoms with Gasteiger partial charge in [-0.15, -0.1) is 0 Å². The fourth-order valence-corrected chi connectivity index (χ4v) is 3.62. The Kier molecular flexibility index (Phi) is 6.90. The number of nitrogens with one attached hydrogen (secondary N) is 1. The molecule has 0 unspecified atom stereocenters. The third-order valence-corrected chi connectivity index (χ3v) is 5.42. The van der Waals surface area contributed by atoms with E-state index < -0.39 is 6.04 Å². The fourth-order valence-electron chi connectivity index (χ4n) is 3.40. The summed E-state index contributed by atoms with van der Waals surface area (Å²) in [6.45, 7) is 0. The third-order valence-electron chi connectivity index (χ3n) is 5.09. The zero-order valence-corrected chi connectivity index (χ0v) is 18.9. The zero-order chi connectivity index (χ0) is 23.2. The molecule has 0 radical (unpaired) electrons. The molecule has 4 rings (SSSR count). The van der Waals surface area contributed by atoms with Crippen molar-refractivity contribution >= 4 is 17.5 Å². The molecule has 0 aliphatic rings. The largest absolute Gasteiger partial charge is 0.493 e. The normalized spacial score (nSPS) is 11.6. The van der Waals surface area contributed by atoms with Crippen molar-refractivity contribution in [2.75, 3.05) is 14.2 Å². The SMILES string of the molecule is COc1ccc(-c2noc([C@H](Cc3ccccc3)NC(=O)c3ccccc3Cl)n2)cc1OC. The van der Waals surface area contributed by atoms with E-state index in [1.54, 1.807) is 50.6 Å². The molecular weight excluding hydrogens is 442 g/mol. The molecular formula is C25H22ClN3O4. The van der Waals surface area contributed by atoms with Gasteiger partial charge in [0, 0.05) is 12.0 Å². The second-order valence-corrected chi connectivity index (χ2v) is 7.63. The van der Waals surface area contributed by atoms with E-state index in [2.05, 4.69) is 15.5 Å². The van der Waals surface area contributed by atoms with Gasteiger partial charge in [-0.2, -0.15) is 4.98 Å². The number of carbonyl (C=O) groups is 1. The van der Waals surface area contributed by atoms with Crippen LogP contribution in [0.2, 0.25) is 5.02 Å². The summed E-state index contributed by atoms with van der Waals surface area (Å²) in [6.07, 6.45) is 0.463. The Labute approximate surface area is 196 Å². The summed E-state index contributed by atoms with van der Waals surface area (Å²) >= 11 is 6.21. The second-order valence-electron chi connectivity index (χ2n) is 7.22. The number of carbonyl (C=O) groups excluding carboxylic acids is 1. The molecule has 0 fully saturated rings. The molecule has 3 aromatic carbocycles. The van der Waals surface area contributed by atoms with Crippen LogP contribution in [0.5, 0.6) is 11.5 Å². The minimum absolute atomic E-state index is 0.282. The highest BCUT2D eigenvalue weighted by Gasteiger charge is 2.24. The lowest BCUT2D eigenvalue weighted by molar-refractivity contribution is 0.0928. The number of halogens is 1. The van der Waals surface area contributed by atoms with Gasteiger partial charge in [0.1, 0.15) is 6.04 Å². The maximum atomic E-state index is 13.0. The highest BCUT2D eigenvalue weighted by atomic mass is 35.5. The Hall–Kier alpha value is -3.84. The Balaban J connectivity index is 1.64. The zero-order valence-electron chi connectivity index (χ0n) is 18.1. The molecule has 1 aromatic heterocycles. The highest BCUT2D eigenvalue weighted by molar-refractivity contribution is 6.33. The number of methoxy groups -OCH3 is 2. The van der Waals surface area contributed by atoms with Crippen LogP contribution in [-0.4, -0.2) is 30.3 Å². The molecule has 0 aliphatic heterocycles. The van der Waals surface area contributed by atoms with Gasteiger partial charge in [-0.3, -0.25) is 4.79 Å². The van der Waals surface area contributed by atoms with Crippen LogP contribution in [0.15, 0.2) is 77.3 Å². The minimum Gasteiger partial charge on any atom is -0.493 e. The first-order valence-electron chi connectivity index (χ1n) is 10.2. The van der Waals surface area contributed by atoms with E-state index in [-0.39, 0.29) is 11.8 Å². The quantitative estimate of drug-likeness (QED) is 0.390. The number of nitrogens with zero attached hydrogens (tertiary/aromatic N) is 2. The van der Waals surface area contributed by atoms with Crippen LogP contribution in [-0.2, 0) is 6.42 Å². The lowest BCUT2D eigenvalue weighted by Crippen LogP contribution is -2.30. The molecule has 0 saturated carbocycles. The molecule has 0 bridgehead atoms. The molecule has 8 heteroatoms. The van der Waals surface area contributed by atoms with Crippen LogP contribution in [0.3, 0.4) is 0 Å². The van der Waals surface area contributed by atoms with Crippen molar-refractivity contribution in [1.82, 2.24) is 15.5 Å². The van der Waals surface area contributed by atoms with E-state index in [0.717, 1.165) is 5.56 Å². The van der Waals surface area contributed by atoms with Gasteiger partial charge < -0.3 is 19.3 Å². The van der Waals surface area contributed by atoms with Crippen molar-refractivity contribution in [1.29, 1.82) is 0 Å². The molecule has 33 heavy (non-hydrogen) atoms. The van der Waals surface area contributed by atoms with Crippen molar-refractivity contribution in [2.24, 2.45) is 0 Å². The number of rotatable bonds is 8. The summed E-state index contributed by atoms with van der Waals surface area (Å²) in [5.74, 6) is 1.47. The van der Waals surface area contributed by atoms with Crippen molar-refractivity contribution in [3.8, 4) is 22.9 Å². The Morgan fingerprint density at radius 2 is 1.73 bits per heavy atom. The topological polar surface area (TPSA) is 86.5 Å². The smallest absolute Gasteiger partial charge is 0.253 e. The lowest BCUT2D eigenvalue weighted by atomic mass is 10.1. The second kappa shape index (κ2) is 10.2.